The molecule has 11 heteroatoms. The van der Waals surface area contributed by atoms with E-state index in [4.69, 9.17) is 4.74 Å². The molecule has 1 amide bonds. The summed E-state index contributed by atoms with van der Waals surface area (Å²) in [5.74, 6) is -2.95. The Morgan fingerprint density at radius 1 is 0.860 bits per heavy atom. The van der Waals surface area contributed by atoms with Gasteiger partial charge in [-0.3, -0.25) is 4.90 Å². The fourth-order valence-electron chi connectivity index (χ4n) is 6.39. The molecule has 0 radical (unpaired) electrons. The molecular weight excluding hydrogens is 579 g/mol. The van der Waals surface area contributed by atoms with Crippen molar-refractivity contribution in [2.24, 2.45) is 0 Å². The Bertz CT molecular complexity index is 1580. The standard InChI is InChI=1S/C32H34F3N3O4S/c33-25-9-4-8-24(20-25)29-10-5-11-30(38(29)43(40,41)26-12-13-27(34)28(35)21-26)32(14-15-32)42-31(39)37-18-16-36(17-19-37)22-23-6-2-1-3-7-23/h1-4,6-9,12-13,20-21,29-30H,5,10-11,14-19,22H2/t29-,30+/m0/s1. The summed E-state index contributed by atoms with van der Waals surface area (Å²) < 4.78 is 78.0. The largest absolute Gasteiger partial charge is 0.441 e. The monoisotopic (exact) mass is 613 g/mol. The Labute approximate surface area is 249 Å². The highest BCUT2D eigenvalue weighted by Crippen LogP contribution is 2.52. The van der Waals surface area contributed by atoms with Crippen molar-refractivity contribution in [2.75, 3.05) is 26.2 Å². The van der Waals surface area contributed by atoms with E-state index in [-0.39, 0.29) is 0 Å². The minimum absolute atomic E-state index is 0.399. The molecule has 0 bridgehead atoms. The molecule has 3 aliphatic rings. The third kappa shape index (κ3) is 6.16. The number of nitrogens with zero attached hydrogens (tertiary/aromatic N) is 3. The highest BCUT2D eigenvalue weighted by Gasteiger charge is 2.60. The lowest BCUT2D eigenvalue weighted by molar-refractivity contribution is -0.0143. The zero-order valence-corrected chi connectivity index (χ0v) is 24.5. The van der Waals surface area contributed by atoms with Crippen LogP contribution in [0, 0.1) is 17.5 Å². The van der Waals surface area contributed by atoms with Gasteiger partial charge in [-0.2, -0.15) is 4.31 Å². The molecule has 0 unspecified atom stereocenters. The number of amides is 1. The third-order valence-corrected chi connectivity index (χ3v) is 10.7. The van der Waals surface area contributed by atoms with Gasteiger partial charge in [0.05, 0.1) is 17.0 Å². The van der Waals surface area contributed by atoms with Crippen molar-refractivity contribution < 1.29 is 31.1 Å². The Morgan fingerprint density at radius 2 is 1.60 bits per heavy atom. The van der Waals surface area contributed by atoms with Gasteiger partial charge in [-0.25, -0.2) is 26.4 Å². The van der Waals surface area contributed by atoms with E-state index in [1.807, 2.05) is 18.2 Å². The number of hydrogen-bond donors (Lipinski definition) is 0. The summed E-state index contributed by atoms with van der Waals surface area (Å²) in [6, 6.07) is 16.8. The maximum absolute atomic E-state index is 14.3. The van der Waals surface area contributed by atoms with Gasteiger partial charge in [-0.15, -0.1) is 0 Å². The van der Waals surface area contributed by atoms with Gasteiger partial charge in [0.2, 0.25) is 10.0 Å². The summed E-state index contributed by atoms with van der Waals surface area (Å²) in [6.45, 7) is 3.11. The van der Waals surface area contributed by atoms with Crippen molar-refractivity contribution in [1.29, 1.82) is 0 Å². The lowest BCUT2D eigenvalue weighted by atomic mass is 9.90. The van der Waals surface area contributed by atoms with Crippen LogP contribution < -0.4 is 0 Å². The number of rotatable bonds is 7. The molecular formula is C32H34F3N3O4S. The summed E-state index contributed by atoms with van der Waals surface area (Å²) in [4.78, 5) is 17.0. The number of piperidine rings is 1. The quantitative estimate of drug-likeness (QED) is 0.333. The molecule has 43 heavy (non-hydrogen) atoms. The molecule has 1 aliphatic carbocycles. The maximum atomic E-state index is 14.3. The van der Waals surface area contributed by atoms with Crippen molar-refractivity contribution in [3.63, 3.8) is 0 Å². The van der Waals surface area contributed by atoms with Gasteiger partial charge in [0.15, 0.2) is 11.6 Å². The van der Waals surface area contributed by atoms with Gasteiger partial charge in [0.25, 0.3) is 0 Å². The molecule has 0 N–H and O–H groups in total. The van der Waals surface area contributed by atoms with Crippen molar-refractivity contribution in [2.45, 2.75) is 61.2 Å². The van der Waals surface area contributed by atoms with E-state index in [2.05, 4.69) is 17.0 Å². The van der Waals surface area contributed by atoms with E-state index in [0.717, 1.165) is 18.7 Å². The van der Waals surface area contributed by atoms with Crippen LogP contribution in [0.15, 0.2) is 77.7 Å². The lowest BCUT2D eigenvalue weighted by Gasteiger charge is -2.45. The summed E-state index contributed by atoms with van der Waals surface area (Å²) >= 11 is 0. The van der Waals surface area contributed by atoms with E-state index < -0.39 is 56.1 Å². The van der Waals surface area contributed by atoms with Crippen LogP contribution in [0.2, 0.25) is 0 Å². The van der Waals surface area contributed by atoms with E-state index in [9.17, 15) is 26.4 Å². The van der Waals surface area contributed by atoms with Gasteiger partial charge in [0.1, 0.15) is 11.4 Å². The average Bonchev–Trinajstić information content (AvgIpc) is 3.79. The molecule has 3 fully saturated rings. The Morgan fingerprint density at radius 3 is 2.28 bits per heavy atom. The fraction of sp³-hybridized carbons (Fsp3) is 0.406. The first kappa shape index (κ1) is 29.7. The zero-order chi connectivity index (χ0) is 30.2. The summed E-state index contributed by atoms with van der Waals surface area (Å²) in [6.07, 6.45) is 1.87. The summed E-state index contributed by atoms with van der Waals surface area (Å²) in [5, 5.41) is 0. The number of piperazine rings is 1. The number of ether oxygens (including phenoxy) is 1. The van der Waals surface area contributed by atoms with Crippen LogP contribution in [0.5, 0.6) is 0 Å². The molecule has 2 aliphatic heterocycles. The van der Waals surface area contributed by atoms with Gasteiger partial charge in [0, 0.05) is 32.7 Å². The van der Waals surface area contributed by atoms with Gasteiger partial charge in [-0.05, 0) is 73.6 Å². The average molecular weight is 614 g/mol. The second-order valence-electron chi connectivity index (χ2n) is 11.6. The maximum Gasteiger partial charge on any atom is 0.410 e. The first-order valence-corrected chi connectivity index (χ1v) is 16.1. The van der Waals surface area contributed by atoms with Gasteiger partial charge < -0.3 is 9.64 Å². The second kappa shape index (κ2) is 11.9. The van der Waals surface area contributed by atoms with Gasteiger partial charge in [-0.1, -0.05) is 42.5 Å². The molecule has 7 nitrogen and oxygen atoms in total. The van der Waals surface area contributed by atoms with Crippen LogP contribution in [0.3, 0.4) is 0 Å². The predicted molar refractivity (Wildman–Crippen MR) is 154 cm³/mol. The normalized spacial score (nSPS) is 22.7. The second-order valence-corrected chi connectivity index (χ2v) is 13.5. The topological polar surface area (TPSA) is 70.2 Å². The number of hydrogen-bond acceptors (Lipinski definition) is 5. The van der Waals surface area contributed by atoms with Crippen LogP contribution in [0.25, 0.3) is 0 Å². The molecule has 0 spiro atoms. The predicted octanol–water partition coefficient (Wildman–Crippen LogP) is 5.88. The fourth-order valence-corrected chi connectivity index (χ4v) is 8.32. The molecule has 6 rings (SSSR count). The Hall–Kier alpha value is -3.41. The van der Waals surface area contributed by atoms with E-state index >= 15 is 0 Å². The molecule has 0 aromatic heterocycles. The number of benzene rings is 3. The Balaban J connectivity index is 1.24. The van der Waals surface area contributed by atoms with Crippen molar-refractivity contribution >= 4 is 16.1 Å². The number of sulfonamides is 1. The van der Waals surface area contributed by atoms with Crippen LogP contribution in [0.4, 0.5) is 18.0 Å². The highest BCUT2D eigenvalue weighted by molar-refractivity contribution is 7.89. The number of carbonyl (C=O) groups is 1. The minimum Gasteiger partial charge on any atom is -0.441 e. The first-order valence-electron chi connectivity index (χ1n) is 14.6. The van der Waals surface area contributed by atoms with Crippen molar-refractivity contribution in [3.8, 4) is 0 Å². The third-order valence-electron chi connectivity index (χ3n) is 8.79. The van der Waals surface area contributed by atoms with Gasteiger partial charge >= 0.3 is 6.09 Å². The SMILES string of the molecule is O=C(OC1([C@H]2CCC[C@@H](c3cccc(F)c3)N2S(=O)(=O)c2ccc(F)c(F)c2)CC1)N1CCN(Cc2ccccc2)CC1. The van der Waals surface area contributed by atoms with E-state index in [0.29, 0.717) is 69.9 Å². The van der Waals surface area contributed by atoms with Crippen molar-refractivity contribution in [3.05, 3.63) is 101 Å². The van der Waals surface area contributed by atoms with Crippen LogP contribution in [-0.2, 0) is 21.3 Å². The molecule has 228 valence electrons. The molecule has 2 saturated heterocycles. The lowest BCUT2D eigenvalue weighted by Crippen LogP contribution is -2.55. The number of carbonyl (C=O) groups excluding carboxylic acids is 1. The molecule has 3 aromatic carbocycles. The smallest absolute Gasteiger partial charge is 0.410 e. The summed E-state index contributed by atoms with van der Waals surface area (Å²) in [5.41, 5.74) is 0.589. The molecule has 3 aromatic rings. The zero-order valence-electron chi connectivity index (χ0n) is 23.7. The Kier molecular flexibility index (Phi) is 8.23. The minimum atomic E-state index is -4.41. The van der Waals surface area contributed by atoms with Crippen LogP contribution >= 0.6 is 0 Å². The van der Waals surface area contributed by atoms with Crippen LogP contribution in [0.1, 0.15) is 49.3 Å². The molecule has 2 heterocycles. The van der Waals surface area contributed by atoms with Crippen molar-refractivity contribution in [1.82, 2.24) is 14.1 Å². The van der Waals surface area contributed by atoms with Crippen LogP contribution in [-0.4, -0.2) is 66.4 Å². The molecule has 1 saturated carbocycles. The highest BCUT2D eigenvalue weighted by atomic mass is 32.2. The summed E-state index contributed by atoms with van der Waals surface area (Å²) in [7, 11) is -4.41. The molecule has 2 atom stereocenters. The van der Waals surface area contributed by atoms with E-state index in [1.54, 1.807) is 11.0 Å². The van der Waals surface area contributed by atoms with E-state index in [1.165, 1.54) is 28.1 Å². The first-order chi connectivity index (χ1) is 20.7. The number of halogens is 3.